The number of aromatic nitrogens is 1. The lowest BCUT2D eigenvalue weighted by Crippen LogP contribution is -2.46. The fourth-order valence-electron chi connectivity index (χ4n) is 3.00. The van der Waals surface area contributed by atoms with Crippen LogP contribution in [0.1, 0.15) is 20.8 Å². The molecule has 1 unspecified atom stereocenters. The lowest BCUT2D eigenvalue weighted by molar-refractivity contribution is -0.126. The minimum atomic E-state index is -0.563. The summed E-state index contributed by atoms with van der Waals surface area (Å²) in [4.78, 5) is 30.8. The van der Waals surface area contributed by atoms with Crippen LogP contribution in [0.2, 0.25) is 0 Å². The second-order valence-electron chi connectivity index (χ2n) is 7.10. The number of benzene rings is 1. The van der Waals surface area contributed by atoms with Crippen LogP contribution in [0.3, 0.4) is 0 Å². The number of nitrogens with zero attached hydrogens (tertiary/aromatic N) is 2. The van der Waals surface area contributed by atoms with E-state index >= 15 is 0 Å². The average molecular weight is 403 g/mol. The average Bonchev–Trinajstić information content (AvgIpc) is 3.17. The molecule has 1 aromatic heterocycles. The quantitative estimate of drug-likeness (QED) is 0.776. The van der Waals surface area contributed by atoms with Gasteiger partial charge < -0.3 is 20.3 Å². The molecule has 8 heteroatoms. The molecule has 150 valence electrons. The summed E-state index contributed by atoms with van der Waals surface area (Å²) in [7, 11) is 0. The summed E-state index contributed by atoms with van der Waals surface area (Å²) >= 11 is 1.63. The third kappa shape index (κ3) is 5.08. The van der Waals surface area contributed by atoms with Crippen molar-refractivity contribution in [2.45, 2.75) is 26.8 Å². The van der Waals surface area contributed by atoms with E-state index in [0.717, 1.165) is 42.7 Å². The molecule has 1 aromatic carbocycles. The Morgan fingerprint density at radius 1 is 1.18 bits per heavy atom. The fraction of sp³-hybridized carbons (Fsp3) is 0.450. The highest BCUT2D eigenvalue weighted by atomic mass is 32.1. The number of morpholine rings is 1. The van der Waals surface area contributed by atoms with E-state index in [1.807, 2.05) is 43.5 Å². The van der Waals surface area contributed by atoms with Gasteiger partial charge in [0, 0.05) is 36.6 Å². The molecule has 2 heterocycles. The first-order chi connectivity index (χ1) is 13.4. The molecule has 2 N–H and O–H groups in total. The Hall–Kier alpha value is -2.45. The molecule has 0 spiro atoms. The van der Waals surface area contributed by atoms with Crippen molar-refractivity contribution < 1.29 is 14.3 Å². The number of thiazole rings is 1. The molecule has 2 aromatic rings. The van der Waals surface area contributed by atoms with Crippen molar-refractivity contribution in [1.82, 2.24) is 10.3 Å². The molecule has 7 nitrogen and oxygen atoms in total. The Kier molecular flexibility index (Phi) is 6.64. The lowest BCUT2D eigenvalue weighted by atomic mass is 10.0. The van der Waals surface area contributed by atoms with Gasteiger partial charge >= 0.3 is 0 Å². The third-order valence-corrected chi connectivity index (χ3v) is 5.43. The zero-order chi connectivity index (χ0) is 20.1. The molecule has 1 saturated heterocycles. The highest BCUT2D eigenvalue weighted by Gasteiger charge is 2.23. The van der Waals surface area contributed by atoms with E-state index in [2.05, 4.69) is 15.5 Å². The lowest BCUT2D eigenvalue weighted by Gasteiger charge is -2.26. The monoisotopic (exact) mass is 402 g/mol. The molecule has 1 aliphatic heterocycles. The molecule has 0 radical (unpaired) electrons. The summed E-state index contributed by atoms with van der Waals surface area (Å²) < 4.78 is 5.39. The van der Waals surface area contributed by atoms with E-state index in [-0.39, 0.29) is 17.7 Å². The van der Waals surface area contributed by atoms with Crippen molar-refractivity contribution in [3.05, 3.63) is 29.6 Å². The van der Waals surface area contributed by atoms with Crippen molar-refractivity contribution in [1.29, 1.82) is 0 Å². The summed E-state index contributed by atoms with van der Waals surface area (Å²) in [5, 5.41) is 8.62. The topological polar surface area (TPSA) is 83.6 Å². The van der Waals surface area contributed by atoms with Crippen LogP contribution in [0.4, 0.5) is 10.8 Å². The van der Waals surface area contributed by atoms with Gasteiger partial charge in [-0.1, -0.05) is 26.0 Å². The van der Waals surface area contributed by atoms with Gasteiger partial charge in [-0.3, -0.25) is 9.59 Å². The van der Waals surface area contributed by atoms with Crippen molar-refractivity contribution in [3.8, 4) is 11.3 Å². The first kappa shape index (κ1) is 20.3. The Balaban J connectivity index is 1.65. The second kappa shape index (κ2) is 9.16. The molecule has 0 bridgehead atoms. The van der Waals surface area contributed by atoms with Gasteiger partial charge in [-0.25, -0.2) is 4.98 Å². The van der Waals surface area contributed by atoms with E-state index in [1.54, 1.807) is 11.3 Å². The van der Waals surface area contributed by atoms with Gasteiger partial charge in [0.1, 0.15) is 6.04 Å². The first-order valence-corrected chi connectivity index (χ1v) is 10.3. The van der Waals surface area contributed by atoms with Gasteiger partial charge in [-0.2, -0.15) is 0 Å². The minimum Gasteiger partial charge on any atom is -0.378 e. The summed E-state index contributed by atoms with van der Waals surface area (Å²) in [5.74, 6) is -0.443. The Labute approximate surface area is 169 Å². The minimum absolute atomic E-state index is 0.00297. The first-order valence-electron chi connectivity index (χ1n) is 9.40. The van der Waals surface area contributed by atoms with Crippen LogP contribution in [0, 0.1) is 5.92 Å². The van der Waals surface area contributed by atoms with Crippen LogP contribution >= 0.6 is 11.3 Å². The van der Waals surface area contributed by atoms with Gasteiger partial charge in [0.15, 0.2) is 5.13 Å². The maximum absolute atomic E-state index is 12.5. The number of hydrogen-bond acceptors (Lipinski definition) is 6. The highest BCUT2D eigenvalue weighted by Crippen LogP contribution is 2.28. The van der Waals surface area contributed by atoms with Crippen LogP contribution in [0.5, 0.6) is 0 Å². The molecule has 1 fully saturated rings. The number of rotatable bonds is 6. The Bertz CT molecular complexity index is 813. The zero-order valence-electron chi connectivity index (χ0n) is 16.4. The summed E-state index contributed by atoms with van der Waals surface area (Å²) in [5.41, 5.74) is 2.60. The van der Waals surface area contributed by atoms with Gasteiger partial charge in [0.05, 0.1) is 18.9 Å². The standard InChI is InChI=1S/C20H26N4O3S/c1-13(2)18(21-14(3)25)19(26)22-16-6-4-15(5-7-16)17-12-28-20(23-17)24-8-10-27-11-9-24/h4-7,12-13,18H,8-11H2,1-3H3,(H,21,25)(H,22,26). The SMILES string of the molecule is CC(=O)NC(C(=O)Nc1ccc(-c2csc(N3CCOCC3)n2)cc1)C(C)C. The molecular formula is C20H26N4O3S. The number of carbonyl (C=O) groups is 2. The normalized spacial score (nSPS) is 15.4. The molecule has 1 atom stereocenters. The summed E-state index contributed by atoms with van der Waals surface area (Å²) in [6, 6.07) is 7.03. The number of anilines is 2. The van der Waals surface area contributed by atoms with Gasteiger partial charge in [-0.05, 0) is 18.1 Å². The molecule has 0 aliphatic carbocycles. The predicted molar refractivity (Wildman–Crippen MR) is 112 cm³/mol. The van der Waals surface area contributed by atoms with Crippen molar-refractivity contribution in [2.24, 2.45) is 5.92 Å². The third-order valence-electron chi connectivity index (χ3n) is 4.53. The van der Waals surface area contributed by atoms with E-state index in [1.165, 1.54) is 6.92 Å². The maximum Gasteiger partial charge on any atom is 0.247 e. The van der Waals surface area contributed by atoms with Crippen molar-refractivity contribution >= 4 is 34.0 Å². The number of nitrogens with one attached hydrogen (secondary N) is 2. The molecule has 28 heavy (non-hydrogen) atoms. The van der Waals surface area contributed by atoms with Crippen LogP contribution in [0.25, 0.3) is 11.3 Å². The summed E-state index contributed by atoms with van der Waals surface area (Å²) in [6.07, 6.45) is 0. The number of carbonyl (C=O) groups excluding carboxylic acids is 2. The maximum atomic E-state index is 12.5. The van der Waals surface area contributed by atoms with Crippen LogP contribution < -0.4 is 15.5 Å². The highest BCUT2D eigenvalue weighted by molar-refractivity contribution is 7.14. The van der Waals surface area contributed by atoms with Gasteiger partial charge in [0.2, 0.25) is 11.8 Å². The zero-order valence-corrected chi connectivity index (χ0v) is 17.2. The van der Waals surface area contributed by atoms with Crippen molar-refractivity contribution in [2.75, 3.05) is 36.5 Å². The Morgan fingerprint density at radius 2 is 1.86 bits per heavy atom. The number of hydrogen-bond donors (Lipinski definition) is 2. The van der Waals surface area contributed by atoms with Crippen LogP contribution in [-0.4, -0.2) is 49.1 Å². The second-order valence-corrected chi connectivity index (χ2v) is 7.94. The van der Waals surface area contributed by atoms with E-state index in [9.17, 15) is 9.59 Å². The van der Waals surface area contributed by atoms with Crippen molar-refractivity contribution in [3.63, 3.8) is 0 Å². The van der Waals surface area contributed by atoms with E-state index < -0.39 is 6.04 Å². The van der Waals surface area contributed by atoms with Crippen LogP contribution in [0.15, 0.2) is 29.6 Å². The van der Waals surface area contributed by atoms with Crippen LogP contribution in [-0.2, 0) is 14.3 Å². The molecule has 1 aliphatic rings. The van der Waals surface area contributed by atoms with E-state index in [4.69, 9.17) is 9.72 Å². The van der Waals surface area contributed by atoms with Gasteiger partial charge in [-0.15, -0.1) is 11.3 Å². The molecule has 2 amide bonds. The van der Waals surface area contributed by atoms with E-state index in [0.29, 0.717) is 5.69 Å². The fourth-order valence-corrected chi connectivity index (χ4v) is 3.88. The predicted octanol–water partition coefficient (Wildman–Crippen LogP) is 2.75. The number of ether oxygens (including phenoxy) is 1. The molecular weight excluding hydrogens is 376 g/mol. The molecule has 3 rings (SSSR count). The smallest absolute Gasteiger partial charge is 0.247 e. The van der Waals surface area contributed by atoms with Gasteiger partial charge in [0.25, 0.3) is 0 Å². The summed E-state index contributed by atoms with van der Waals surface area (Å²) in [6.45, 7) is 8.41. The number of amides is 2. The molecule has 0 saturated carbocycles. The Morgan fingerprint density at radius 3 is 2.46 bits per heavy atom. The largest absolute Gasteiger partial charge is 0.378 e.